The number of halogens is 1. The van der Waals surface area contributed by atoms with E-state index in [0.717, 1.165) is 53.6 Å². The maximum Gasteiger partial charge on any atom is 0.259 e. The van der Waals surface area contributed by atoms with E-state index in [-0.39, 0.29) is 24.4 Å². The predicted octanol–water partition coefficient (Wildman–Crippen LogP) is 5.39. The lowest BCUT2D eigenvalue weighted by Gasteiger charge is -2.30. The maximum absolute atomic E-state index is 13.4. The Morgan fingerprint density at radius 2 is 1.82 bits per heavy atom. The van der Waals surface area contributed by atoms with Crippen LogP contribution >= 0.6 is 12.4 Å². The highest BCUT2D eigenvalue weighted by Crippen LogP contribution is 2.46. The first kappa shape index (κ1) is 24.4. The molecule has 3 aliphatic heterocycles. The van der Waals surface area contributed by atoms with E-state index >= 15 is 0 Å². The van der Waals surface area contributed by atoms with Crippen LogP contribution in [0, 0.1) is 5.92 Å². The lowest BCUT2D eigenvalue weighted by atomic mass is 9.99. The fourth-order valence-corrected chi connectivity index (χ4v) is 5.33. The van der Waals surface area contributed by atoms with Gasteiger partial charge in [0, 0.05) is 42.7 Å². The van der Waals surface area contributed by atoms with E-state index in [1.165, 1.54) is 12.8 Å². The van der Waals surface area contributed by atoms with Gasteiger partial charge in [0.1, 0.15) is 6.61 Å². The highest BCUT2D eigenvalue weighted by Gasteiger charge is 2.40. The van der Waals surface area contributed by atoms with Crippen molar-refractivity contribution in [2.45, 2.75) is 32.7 Å². The summed E-state index contributed by atoms with van der Waals surface area (Å²) >= 11 is 0. The van der Waals surface area contributed by atoms with E-state index in [0.29, 0.717) is 18.1 Å². The number of amides is 1. The Bertz CT molecular complexity index is 1140. The molecule has 1 saturated heterocycles. The van der Waals surface area contributed by atoms with Crippen molar-refractivity contribution in [3.05, 3.63) is 53.7 Å². The van der Waals surface area contributed by atoms with Crippen molar-refractivity contribution < 1.29 is 14.3 Å². The van der Waals surface area contributed by atoms with Crippen LogP contribution in [0.1, 0.15) is 48.7 Å². The molecule has 0 saturated carbocycles. The first-order chi connectivity index (χ1) is 16.0. The minimum absolute atomic E-state index is 0. The summed E-state index contributed by atoms with van der Waals surface area (Å²) < 4.78 is 13.8. The monoisotopic (exact) mass is 483 g/mol. The highest BCUT2D eigenvalue weighted by molar-refractivity contribution is 6.14. The van der Waals surface area contributed by atoms with Crippen molar-refractivity contribution >= 4 is 24.0 Å². The van der Waals surface area contributed by atoms with Gasteiger partial charge in [-0.3, -0.25) is 9.69 Å². The van der Waals surface area contributed by atoms with Gasteiger partial charge in [-0.2, -0.15) is 0 Å². The van der Waals surface area contributed by atoms with Crippen molar-refractivity contribution in [1.82, 2.24) is 9.47 Å². The standard InChI is InChI=1S/C27H33N3O3.ClH/c1-18-9-12-29(13-10-18)14-15-33-24-17-21(7-8-23(24)32-4)30-19(2)25-22(27(30)31)16-20-6-5-11-28(3)26(20)25;/h5-8,11,16-19H,9-10,12-15H2,1-4H3;1H. The van der Waals surface area contributed by atoms with Crippen molar-refractivity contribution in [2.24, 2.45) is 13.0 Å². The summed E-state index contributed by atoms with van der Waals surface area (Å²) in [6.45, 7) is 8.19. The zero-order valence-corrected chi connectivity index (χ0v) is 21.2. The molecule has 5 rings (SSSR count). The SMILES string of the molecule is COc1ccc(N2C(=O)c3cc4cccn(C)c-4c3C2C)cc1OCCN1CCC(C)CC1.Cl. The highest BCUT2D eigenvalue weighted by atomic mass is 35.5. The molecule has 0 radical (unpaired) electrons. The Balaban J connectivity index is 0.00000274. The Morgan fingerprint density at radius 1 is 1.06 bits per heavy atom. The molecule has 1 aliphatic carbocycles. The number of carbonyl (C=O) groups excluding carboxylic acids is 1. The molecule has 182 valence electrons. The topological polar surface area (TPSA) is 46.9 Å². The summed E-state index contributed by atoms with van der Waals surface area (Å²) in [5.41, 5.74) is 4.94. The molecule has 6 nitrogen and oxygen atoms in total. The predicted molar refractivity (Wildman–Crippen MR) is 138 cm³/mol. The van der Waals surface area contributed by atoms with Crippen molar-refractivity contribution in [2.75, 3.05) is 38.3 Å². The van der Waals surface area contributed by atoms with Gasteiger partial charge in [0.25, 0.3) is 5.91 Å². The Morgan fingerprint density at radius 3 is 2.56 bits per heavy atom. The molecule has 7 heteroatoms. The van der Waals surface area contributed by atoms with E-state index in [9.17, 15) is 4.79 Å². The molecule has 0 N–H and O–H groups in total. The van der Waals surface area contributed by atoms with E-state index in [2.05, 4.69) is 29.4 Å². The number of aromatic nitrogens is 1. The fraction of sp³-hybridized carbons (Fsp3) is 0.444. The molecule has 1 atom stereocenters. The minimum Gasteiger partial charge on any atom is -0.493 e. The number of likely N-dealkylation sites (tertiary alicyclic amines) is 1. The number of methoxy groups -OCH3 is 1. The lowest BCUT2D eigenvalue weighted by molar-refractivity contribution is 0.0992. The number of hydrogen-bond acceptors (Lipinski definition) is 4. The maximum atomic E-state index is 13.4. The van der Waals surface area contributed by atoms with Crippen LogP contribution in [0.2, 0.25) is 0 Å². The molecule has 1 aromatic carbocycles. The van der Waals surface area contributed by atoms with Crippen LogP contribution < -0.4 is 14.4 Å². The number of ether oxygens (including phenoxy) is 2. The number of aryl methyl sites for hydroxylation is 1. The first-order valence-corrected chi connectivity index (χ1v) is 11.9. The summed E-state index contributed by atoms with van der Waals surface area (Å²) in [5.74, 6) is 2.23. The molecule has 34 heavy (non-hydrogen) atoms. The number of hydrogen-bond donors (Lipinski definition) is 0. The van der Waals surface area contributed by atoms with Gasteiger partial charge < -0.3 is 18.9 Å². The fourth-order valence-electron chi connectivity index (χ4n) is 5.33. The number of fused-ring (bicyclic) bond motifs is 3. The number of pyridine rings is 1. The second kappa shape index (κ2) is 9.88. The molecule has 0 spiro atoms. The molecule has 1 amide bonds. The summed E-state index contributed by atoms with van der Waals surface area (Å²) in [7, 11) is 3.68. The number of rotatable bonds is 6. The second-order valence-electron chi connectivity index (χ2n) is 9.45. The number of benzene rings is 1. The van der Waals surface area contributed by atoms with Crippen LogP contribution in [0.5, 0.6) is 11.5 Å². The number of carbonyl (C=O) groups is 1. The normalized spacial score (nSPS) is 18.8. The number of nitrogens with zero attached hydrogens (tertiary/aromatic N) is 3. The second-order valence-corrected chi connectivity index (χ2v) is 9.45. The third kappa shape index (κ3) is 4.25. The van der Waals surface area contributed by atoms with E-state index in [1.807, 2.05) is 48.5 Å². The Kier molecular flexibility index (Phi) is 7.10. The number of piperidine rings is 1. The van der Waals surface area contributed by atoms with Gasteiger partial charge >= 0.3 is 0 Å². The lowest BCUT2D eigenvalue weighted by Crippen LogP contribution is -2.35. The average molecular weight is 484 g/mol. The largest absolute Gasteiger partial charge is 0.493 e. The third-order valence-electron chi connectivity index (χ3n) is 7.28. The van der Waals surface area contributed by atoms with Crippen LogP contribution in [0.3, 0.4) is 0 Å². The Hall–Kier alpha value is -2.70. The van der Waals surface area contributed by atoms with Gasteiger partial charge in [-0.05, 0) is 68.6 Å². The summed E-state index contributed by atoms with van der Waals surface area (Å²) in [6, 6.07) is 11.8. The summed E-state index contributed by atoms with van der Waals surface area (Å²) in [4.78, 5) is 17.8. The minimum atomic E-state index is -0.0600. The van der Waals surface area contributed by atoms with Gasteiger partial charge in [-0.15, -0.1) is 12.4 Å². The van der Waals surface area contributed by atoms with Gasteiger partial charge in [0.05, 0.1) is 18.8 Å². The van der Waals surface area contributed by atoms with Crippen molar-refractivity contribution in [1.29, 1.82) is 0 Å². The Labute approximate surface area is 208 Å². The smallest absolute Gasteiger partial charge is 0.259 e. The summed E-state index contributed by atoms with van der Waals surface area (Å²) in [6.07, 6.45) is 4.54. The molecule has 4 aliphatic rings. The molecular formula is C27H34ClN3O3. The third-order valence-corrected chi connectivity index (χ3v) is 7.28. The zero-order chi connectivity index (χ0) is 23.1. The first-order valence-electron chi connectivity index (χ1n) is 11.9. The van der Waals surface area contributed by atoms with Crippen molar-refractivity contribution in [3.63, 3.8) is 0 Å². The van der Waals surface area contributed by atoms with Crippen LogP contribution in [-0.2, 0) is 7.05 Å². The number of anilines is 1. The zero-order valence-electron chi connectivity index (χ0n) is 20.4. The van der Waals surface area contributed by atoms with Crippen LogP contribution in [0.25, 0.3) is 11.3 Å². The van der Waals surface area contributed by atoms with Gasteiger partial charge in [0.2, 0.25) is 0 Å². The van der Waals surface area contributed by atoms with Crippen LogP contribution in [0.4, 0.5) is 5.69 Å². The molecule has 0 aromatic heterocycles. The van der Waals surface area contributed by atoms with E-state index in [4.69, 9.17) is 9.47 Å². The molecule has 1 aromatic rings. The molecule has 0 bridgehead atoms. The van der Waals surface area contributed by atoms with Crippen LogP contribution in [0.15, 0.2) is 42.6 Å². The van der Waals surface area contributed by atoms with E-state index < -0.39 is 0 Å². The van der Waals surface area contributed by atoms with Gasteiger partial charge in [-0.1, -0.05) is 13.0 Å². The van der Waals surface area contributed by atoms with Crippen molar-refractivity contribution in [3.8, 4) is 22.8 Å². The van der Waals surface area contributed by atoms with E-state index in [1.54, 1.807) is 7.11 Å². The van der Waals surface area contributed by atoms with Gasteiger partial charge in [0.15, 0.2) is 11.5 Å². The molecule has 1 fully saturated rings. The van der Waals surface area contributed by atoms with Gasteiger partial charge in [-0.25, -0.2) is 0 Å². The molecule has 1 unspecified atom stereocenters. The average Bonchev–Trinajstić information content (AvgIpc) is 3.31. The molecular weight excluding hydrogens is 450 g/mol. The quantitative estimate of drug-likeness (QED) is 0.471. The molecule has 3 heterocycles. The summed E-state index contributed by atoms with van der Waals surface area (Å²) in [5, 5.41) is 0. The van der Waals surface area contributed by atoms with Crippen LogP contribution in [-0.4, -0.2) is 48.7 Å².